The van der Waals surface area contributed by atoms with Gasteiger partial charge in [-0.2, -0.15) is 5.10 Å². The van der Waals surface area contributed by atoms with Crippen molar-refractivity contribution in [2.24, 2.45) is 7.05 Å². The third-order valence-electron chi connectivity index (χ3n) is 4.94. The van der Waals surface area contributed by atoms with Gasteiger partial charge in [0.05, 0.1) is 17.2 Å². The molecule has 4 rings (SSSR count). The van der Waals surface area contributed by atoms with Crippen molar-refractivity contribution in [3.8, 4) is 0 Å². The number of ketones is 1. The number of hydrogen-bond acceptors (Lipinski definition) is 6. The number of nitrogens with zero attached hydrogens (tertiary/aromatic N) is 5. The highest BCUT2D eigenvalue weighted by Crippen LogP contribution is 2.32. The van der Waals surface area contributed by atoms with Gasteiger partial charge in [0, 0.05) is 43.8 Å². The van der Waals surface area contributed by atoms with E-state index in [1.54, 1.807) is 36.1 Å². The van der Waals surface area contributed by atoms with E-state index in [2.05, 4.69) is 15.2 Å². The van der Waals surface area contributed by atoms with Crippen LogP contribution < -0.4 is 4.90 Å². The molecule has 2 aromatic heterocycles. The Bertz CT molecular complexity index is 1200. The fourth-order valence-corrected chi connectivity index (χ4v) is 3.40. The first-order valence-electron chi connectivity index (χ1n) is 9.60. The summed E-state index contributed by atoms with van der Waals surface area (Å²) in [5.41, 5.74) is 2.31. The summed E-state index contributed by atoms with van der Waals surface area (Å²) < 4.78 is 1.59. The Hall–Kier alpha value is -4.27. The maximum atomic E-state index is 12.8. The zero-order chi connectivity index (χ0) is 21.8. The molecule has 0 amide bonds. The monoisotopic (exact) mass is 416 g/mol. The van der Waals surface area contributed by atoms with E-state index in [0.29, 0.717) is 18.8 Å². The number of aromatic amines is 1. The second-order valence-corrected chi connectivity index (χ2v) is 7.08. The van der Waals surface area contributed by atoms with Gasteiger partial charge in [-0.25, -0.2) is 4.98 Å². The van der Waals surface area contributed by atoms with Gasteiger partial charge in [-0.1, -0.05) is 30.3 Å². The molecule has 0 radical (unpaired) electrons. The molecule has 0 aliphatic heterocycles. The van der Waals surface area contributed by atoms with E-state index < -0.39 is 4.92 Å². The summed E-state index contributed by atoms with van der Waals surface area (Å²) in [6.07, 6.45) is 4.81. The molecule has 9 heteroatoms. The zero-order valence-corrected chi connectivity index (χ0v) is 16.8. The molecule has 0 fully saturated rings. The number of carbonyl (C=O) groups excluding carboxylic acids is 1. The predicted octanol–water partition coefficient (Wildman–Crippen LogP) is 3.49. The standard InChI is InChI=1S/C22H20N6O3/c1-26-12-11-23-22(26)21(29)17-7-8-19(20(13-17)28(30)31)27(15-18-9-10-24-25-18)14-16-5-3-2-4-6-16/h2-13H,14-15H2,1H3,(H,24,25). The molecular formula is C22H20N6O3. The third kappa shape index (κ3) is 4.35. The molecule has 0 saturated carbocycles. The molecule has 0 spiro atoms. The fourth-order valence-electron chi connectivity index (χ4n) is 3.40. The van der Waals surface area contributed by atoms with Crippen molar-refractivity contribution in [3.63, 3.8) is 0 Å². The normalized spacial score (nSPS) is 10.7. The van der Waals surface area contributed by atoms with Crippen LogP contribution in [0.25, 0.3) is 0 Å². The minimum Gasteiger partial charge on any atom is -0.356 e. The lowest BCUT2D eigenvalue weighted by molar-refractivity contribution is -0.384. The Morgan fingerprint density at radius 3 is 2.58 bits per heavy atom. The molecule has 0 bridgehead atoms. The van der Waals surface area contributed by atoms with Crippen molar-refractivity contribution in [2.75, 3.05) is 4.90 Å². The van der Waals surface area contributed by atoms with Crippen molar-refractivity contribution in [1.29, 1.82) is 0 Å². The molecule has 1 N–H and O–H groups in total. The van der Waals surface area contributed by atoms with E-state index in [1.165, 1.54) is 12.3 Å². The first kappa shape index (κ1) is 20.0. The molecule has 156 valence electrons. The van der Waals surface area contributed by atoms with Crippen LogP contribution in [0.15, 0.2) is 73.2 Å². The maximum absolute atomic E-state index is 12.8. The topological polar surface area (TPSA) is 110 Å². The van der Waals surface area contributed by atoms with Crippen LogP contribution in [-0.4, -0.2) is 30.5 Å². The highest BCUT2D eigenvalue weighted by atomic mass is 16.6. The van der Waals surface area contributed by atoms with E-state index >= 15 is 0 Å². The maximum Gasteiger partial charge on any atom is 0.293 e. The lowest BCUT2D eigenvalue weighted by Gasteiger charge is -2.24. The minimum atomic E-state index is -0.463. The molecule has 9 nitrogen and oxygen atoms in total. The number of nitrogens with one attached hydrogen (secondary N) is 1. The highest BCUT2D eigenvalue weighted by Gasteiger charge is 2.24. The van der Waals surface area contributed by atoms with Crippen LogP contribution in [0.3, 0.4) is 0 Å². The van der Waals surface area contributed by atoms with Crippen molar-refractivity contribution in [3.05, 3.63) is 106 Å². The predicted molar refractivity (Wildman–Crippen MR) is 115 cm³/mol. The van der Waals surface area contributed by atoms with Gasteiger partial charge in [0.2, 0.25) is 5.78 Å². The second kappa shape index (κ2) is 8.62. The Kier molecular flexibility index (Phi) is 5.57. The lowest BCUT2D eigenvalue weighted by Crippen LogP contribution is -2.23. The third-order valence-corrected chi connectivity index (χ3v) is 4.94. The second-order valence-electron chi connectivity index (χ2n) is 7.08. The van der Waals surface area contributed by atoms with E-state index in [-0.39, 0.29) is 22.9 Å². The SMILES string of the molecule is Cn1ccnc1C(=O)c1ccc(N(Cc2ccccc2)Cc2ccn[nH]2)c([N+](=O)[O-])c1. The van der Waals surface area contributed by atoms with Crippen LogP contribution in [0.1, 0.15) is 27.4 Å². The van der Waals surface area contributed by atoms with Crippen LogP contribution >= 0.6 is 0 Å². The van der Waals surface area contributed by atoms with Gasteiger partial charge < -0.3 is 9.47 Å². The quantitative estimate of drug-likeness (QED) is 0.267. The van der Waals surface area contributed by atoms with Gasteiger partial charge in [0.1, 0.15) is 5.69 Å². The van der Waals surface area contributed by atoms with Crippen LogP contribution in [-0.2, 0) is 20.1 Å². The van der Waals surface area contributed by atoms with Crippen LogP contribution in [0.5, 0.6) is 0 Å². The number of nitro groups is 1. The van der Waals surface area contributed by atoms with Gasteiger partial charge in [-0.05, 0) is 23.8 Å². The van der Waals surface area contributed by atoms with Gasteiger partial charge in [0.25, 0.3) is 5.69 Å². The van der Waals surface area contributed by atoms with Crippen molar-refractivity contribution in [2.45, 2.75) is 13.1 Å². The Morgan fingerprint density at radius 1 is 1.13 bits per heavy atom. The molecule has 0 saturated heterocycles. The van der Waals surface area contributed by atoms with Crippen LogP contribution in [0, 0.1) is 10.1 Å². The van der Waals surface area contributed by atoms with Crippen LogP contribution in [0.2, 0.25) is 0 Å². The first-order valence-corrected chi connectivity index (χ1v) is 9.60. The largest absolute Gasteiger partial charge is 0.356 e. The Morgan fingerprint density at radius 2 is 1.94 bits per heavy atom. The Balaban J connectivity index is 1.73. The molecule has 0 atom stereocenters. The summed E-state index contributed by atoms with van der Waals surface area (Å²) in [5, 5.41) is 18.8. The number of carbonyl (C=O) groups is 1. The minimum absolute atomic E-state index is 0.143. The number of hydrogen-bond donors (Lipinski definition) is 1. The van der Waals surface area contributed by atoms with E-state index in [0.717, 1.165) is 11.3 Å². The molecule has 4 aromatic rings. The van der Waals surface area contributed by atoms with Crippen molar-refractivity contribution >= 4 is 17.2 Å². The average Bonchev–Trinajstić information content (AvgIpc) is 3.44. The van der Waals surface area contributed by atoms with Gasteiger partial charge in [-0.3, -0.25) is 20.0 Å². The van der Waals surface area contributed by atoms with Crippen molar-refractivity contribution in [1.82, 2.24) is 19.7 Å². The lowest BCUT2D eigenvalue weighted by atomic mass is 10.1. The molecule has 2 heterocycles. The summed E-state index contributed by atoms with van der Waals surface area (Å²) in [5.74, 6) is -0.147. The van der Waals surface area contributed by atoms with Crippen LogP contribution in [0.4, 0.5) is 11.4 Å². The number of H-pyrrole nitrogens is 1. The zero-order valence-electron chi connectivity index (χ0n) is 16.8. The van der Waals surface area contributed by atoms with Gasteiger partial charge in [0.15, 0.2) is 5.82 Å². The van der Waals surface area contributed by atoms with E-state index in [1.807, 2.05) is 41.3 Å². The molecule has 0 unspecified atom stereocenters. The number of benzene rings is 2. The van der Waals surface area contributed by atoms with Gasteiger partial charge in [-0.15, -0.1) is 0 Å². The molecule has 0 aliphatic rings. The number of nitro benzene ring substituents is 1. The molecule has 2 aromatic carbocycles. The molecular weight excluding hydrogens is 396 g/mol. The summed E-state index contributed by atoms with van der Waals surface area (Å²) in [6.45, 7) is 0.843. The Labute approximate surface area is 178 Å². The van der Waals surface area contributed by atoms with Gasteiger partial charge >= 0.3 is 0 Å². The molecule has 31 heavy (non-hydrogen) atoms. The number of aryl methyl sites for hydroxylation is 1. The number of imidazole rings is 1. The van der Waals surface area contributed by atoms with Crippen molar-refractivity contribution < 1.29 is 9.72 Å². The summed E-state index contributed by atoms with van der Waals surface area (Å²) in [4.78, 5) is 30.2. The summed E-state index contributed by atoms with van der Waals surface area (Å²) >= 11 is 0. The van der Waals surface area contributed by atoms with E-state index in [4.69, 9.17) is 0 Å². The summed E-state index contributed by atoms with van der Waals surface area (Å²) in [6, 6.07) is 16.1. The van der Waals surface area contributed by atoms with E-state index in [9.17, 15) is 14.9 Å². The fraction of sp³-hybridized carbons (Fsp3) is 0.136. The smallest absolute Gasteiger partial charge is 0.293 e. The molecule has 0 aliphatic carbocycles. The number of anilines is 1. The number of rotatable bonds is 8. The average molecular weight is 416 g/mol. The first-order chi connectivity index (χ1) is 15.0. The highest BCUT2D eigenvalue weighted by molar-refractivity contribution is 6.07. The number of aromatic nitrogens is 4. The summed E-state index contributed by atoms with van der Waals surface area (Å²) in [7, 11) is 1.70.